The van der Waals surface area contributed by atoms with Gasteiger partial charge in [-0.05, 0) is 35.7 Å². The molecule has 0 aliphatic carbocycles. The molecule has 0 aliphatic heterocycles. The lowest BCUT2D eigenvalue weighted by atomic mass is 10.0. The molecule has 1 heterocycles. The third kappa shape index (κ3) is 4.01. The molecule has 0 bridgehead atoms. The molecule has 134 valence electrons. The van der Waals surface area contributed by atoms with Crippen LogP contribution in [0.1, 0.15) is 21.7 Å². The van der Waals surface area contributed by atoms with Gasteiger partial charge in [0, 0.05) is 17.1 Å². The highest BCUT2D eigenvalue weighted by atomic mass is 35.5. The average Bonchev–Trinajstić information content (AvgIpc) is 3.05. The van der Waals surface area contributed by atoms with Crippen molar-refractivity contribution in [3.8, 4) is 11.1 Å². The average molecular weight is 376 g/mol. The van der Waals surface area contributed by atoms with E-state index in [9.17, 15) is 14.0 Å². The maximum atomic E-state index is 14.3. The second kappa shape index (κ2) is 7.55. The standard InChI is InChI=1S/C18H15ClFN3O3/c1-10-6-13(19)7-14(17(10)20)12-4-2-11(3-5-12)9-21-22-18(25)15-8-16(24)23-26-15/h2-8,21H,9H2,1H3,(H,22,25)(H,23,24). The van der Waals surface area contributed by atoms with Crippen LogP contribution in [-0.4, -0.2) is 11.1 Å². The Bertz CT molecular complexity index is 996. The molecule has 8 heteroatoms. The Morgan fingerprint density at radius 2 is 1.96 bits per heavy atom. The van der Waals surface area contributed by atoms with Gasteiger partial charge < -0.3 is 4.52 Å². The molecule has 0 unspecified atom stereocenters. The van der Waals surface area contributed by atoms with E-state index in [0.717, 1.165) is 11.6 Å². The molecular formula is C18H15ClFN3O3. The number of aryl methyl sites for hydroxylation is 1. The van der Waals surface area contributed by atoms with Gasteiger partial charge in [0.2, 0.25) is 5.76 Å². The van der Waals surface area contributed by atoms with Gasteiger partial charge in [0.1, 0.15) is 5.82 Å². The Balaban J connectivity index is 1.63. The number of rotatable bonds is 5. The lowest BCUT2D eigenvalue weighted by molar-refractivity contribution is 0.0894. The van der Waals surface area contributed by atoms with E-state index in [1.54, 1.807) is 43.3 Å². The fraction of sp³-hybridized carbons (Fsp3) is 0.111. The van der Waals surface area contributed by atoms with Gasteiger partial charge in [0.25, 0.3) is 5.56 Å². The number of hydrogen-bond donors (Lipinski definition) is 3. The molecule has 3 N–H and O–H groups in total. The minimum absolute atomic E-state index is 0.121. The van der Waals surface area contributed by atoms with Crippen LogP contribution in [0.15, 0.2) is 51.8 Å². The number of hydrogen-bond acceptors (Lipinski definition) is 4. The maximum absolute atomic E-state index is 14.3. The molecule has 0 saturated heterocycles. The van der Waals surface area contributed by atoms with E-state index in [1.807, 2.05) is 5.16 Å². The smallest absolute Gasteiger partial charge is 0.304 e. The van der Waals surface area contributed by atoms with Gasteiger partial charge in [-0.1, -0.05) is 35.9 Å². The number of halogens is 2. The van der Waals surface area contributed by atoms with Gasteiger partial charge in [0.05, 0.1) is 6.07 Å². The van der Waals surface area contributed by atoms with Crippen LogP contribution in [0.4, 0.5) is 4.39 Å². The minimum atomic E-state index is -0.573. The van der Waals surface area contributed by atoms with E-state index < -0.39 is 11.5 Å². The molecular weight excluding hydrogens is 361 g/mol. The molecule has 1 aromatic heterocycles. The first kappa shape index (κ1) is 17.9. The van der Waals surface area contributed by atoms with Crippen LogP contribution in [-0.2, 0) is 6.54 Å². The second-order valence-corrected chi connectivity index (χ2v) is 6.10. The predicted molar refractivity (Wildman–Crippen MR) is 95.2 cm³/mol. The van der Waals surface area contributed by atoms with Crippen LogP contribution in [0.2, 0.25) is 5.02 Å². The zero-order chi connectivity index (χ0) is 18.7. The quantitative estimate of drug-likeness (QED) is 0.598. The first-order valence-electron chi connectivity index (χ1n) is 7.70. The lowest BCUT2D eigenvalue weighted by Crippen LogP contribution is -2.36. The SMILES string of the molecule is Cc1cc(Cl)cc(-c2ccc(CNNC(=O)c3cc(=O)[nH]o3)cc2)c1F. The molecule has 0 radical (unpaired) electrons. The van der Waals surface area contributed by atoms with Crippen LogP contribution < -0.4 is 16.4 Å². The fourth-order valence-electron chi connectivity index (χ4n) is 2.42. The summed E-state index contributed by atoms with van der Waals surface area (Å²) in [6.07, 6.45) is 0. The first-order valence-corrected chi connectivity index (χ1v) is 8.08. The zero-order valence-electron chi connectivity index (χ0n) is 13.7. The van der Waals surface area contributed by atoms with Crippen LogP contribution in [0, 0.1) is 12.7 Å². The van der Waals surface area contributed by atoms with E-state index in [2.05, 4.69) is 15.4 Å². The van der Waals surface area contributed by atoms with Crippen molar-refractivity contribution in [1.82, 2.24) is 16.0 Å². The Morgan fingerprint density at radius 1 is 1.23 bits per heavy atom. The topological polar surface area (TPSA) is 87.1 Å². The van der Waals surface area contributed by atoms with Crippen LogP contribution in [0.3, 0.4) is 0 Å². The molecule has 0 saturated carbocycles. The number of benzene rings is 2. The number of carbonyl (C=O) groups is 1. The van der Waals surface area contributed by atoms with Crippen molar-refractivity contribution in [2.75, 3.05) is 0 Å². The molecule has 6 nitrogen and oxygen atoms in total. The van der Waals surface area contributed by atoms with E-state index in [0.29, 0.717) is 28.3 Å². The van der Waals surface area contributed by atoms with Gasteiger partial charge in [0.15, 0.2) is 0 Å². The molecule has 0 fully saturated rings. The second-order valence-electron chi connectivity index (χ2n) is 5.67. The molecule has 26 heavy (non-hydrogen) atoms. The number of carbonyl (C=O) groups excluding carboxylic acids is 1. The van der Waals surface area contributed by atoms with Gasteiger partial charge in [-0.2, -0.15) is 5.16 Å². The highest BCUT2D eigenvalue weighted by Gasteiger charge is 2.11. The summed E-state index contributed by atoms with van der Waals surface area (Å²) in [5, 5.41) is 2.51. The summed E-state index contributed by atoms with van der Waals surface area (Å²) < 4.78 is 19.0. The third-order valence-corrected chi connectivity index (χ3v) is 3.94. The van der Waals surface area contributed by atoms with E-state index in [4.69, 9.17) is 11.6 Å². The van der Waals surface area contributed by atoms with Crippen molar-refractivity contribution in [3.05, 3.63) is 80.5 Å². The summed E-state index contributed by atoms with van der Waals surface area (Å²) in [7, 11) is 0. The summed E-state index contributed by atoms with van der Waals surface area (Å²) in [5.41, 5.74) is 7.14. The van der Waals surface area contributed by atoms with E-state index in [-0.39, 0.29) is 11.6 Å². The summed E-state index contributed by atoms with van der Waals surface area (Å²) in [4.78, 5) is 22.6. The Kier molecular flexibility index (Phi) is 5.20. The molecule has 1 amide bonds. The van der Waals surface area contributed by atoms with Crippen molar-refractivity contribution in [2.45, 2.75) is 13.5 Å². The van der Waals surface area contributed by atoms with Crippen molar-refractivity contribution in [2.24, 2.45) is 0 Å². The maximum Gasteiger partial charge on any atom is 0.304 e. The highest BCUT2D eigenvalue weighted by Crippen LogP contribution is 2.28. The van der Waals surface area contributed by atoms with Crippen molar-refractivity contribution in [1.29, 1.82) is 0 Å². The third-order valence-electron chi connectivity index (χ3n) is 3.73. The summed E-state index contributed by atoms with van der Waals surface area (Å²) in [6.45, 7) is 2.00. The van der Waals surface area contributed by atoms with Crippen LogP contribution >= 0.6 is 11.6 Å². The Labute approximate surface area is 152 Å². The lowest BCUT2D eigenvalue weighted by Gasteiger charge is -2.09. The van der Waals surface area contributed by atoms with Gasteiger partial charge in [-0.25, -0.2) is 9.82 Å². The minimum Gasteiger partial charge on any atom is -0.373 e. The predicted octanol–water partition coefficient (Wildman–Crippen LogP) is 3.17. The summed E-state index contributed by atoms with van der Waals surface area (Å²) in [5.74, 6) is -0.998. The van der Waals surface area contributed by atoms with Gasteiger partial charge >= 0.3 is 5.91 Å². The summed E-state index contributed by atoms with van der Waals surface area (Å²) in [6, 6.07) is 11.4. The van der Waals surface area contributed by atoms with E-state index in [1.165, 1.54) is 0 Å². The first-order chi connectivity index (χ1) is 12.4. The number of H-pyrrole nitrogens is 1. The summed E-state index contributed by atoms with van der Waals surface area (Å²) >= 11 is 6.01. The largest absolute Gasteiger partial charge is 0.373 e. The van der Waals surface area contributed by atoms with Crippen molar-refractivity contribution >= 4 is 17.5 Å². The number of aromatic nitrogens is 1. The molecule has 0 atom stereocenters. The van der Waals surface area contributed by atoms with Gasteiger partial charge in [-0.3, -0.25) is 15.0 Å². The Morgan fingerprint density at radius 3 is 2.62 bits per heavy atom. The highest BCUT2D eigenvalue weighted by molar-refractivity contribution is 6.31. The molecule has 0 spiro atoms. The number of amides is 1. The van der Waals surface area contributed by atoms with Crippen molar-refractivity contribution in [3.63, 3.8) is 0 Å². The van der Waals surface area contributed by atoms with Crippen molar-refractivity contribution < 1.29 is 13.7 Å². The van der Waals surface area contributed by atoms with Gasteiger partial charge in [-0.15, -0.1) is 0 Å². The van der Waals surface area contributed by atoms with Crippen LogP contribution in [0.5, 0.6) is 0 Å². The number of aromatic amines is 1. The zero-order valence-corrected chi connectivity index (χ0v) is 14.5. The normalized spacial score (nSPS) is 10.7. The molecule has 3 rings (SSSR count). The number of hydrazine groups is 1. The Hall–Kier alpha value is -2.90. The fourth-order valence-corrected chi connectivity index (χ4v) is 2.69. The van der Waals surface area contributed by atoms with E-state index >= 15 is 0 Å². The molecule has 2 aromatic carbocycles. The molecule has 3 aromatic rings. The number of nitrogens with one attached hydrogen (secondary N) is 3. The molecule has 0 aliphatic rings. The monoisotopic (exact) mass is 375 g/mol. The van der Waals surface area contributed by atoms with Crippen LogP contribution in [0.25, 0.3) is 11.1 Å².